The Labute approximate surface area is 233 Å². The number of rotatable bonds is 6. The zero-order valence-electron chi connectivity index (χ0n) is 20.0. The molecule has 2 heterocycles. The van der Waals surface area contributed by atoms with Gasteiger partial charge in [0.2, 0.25) is 15.9 Å². The second kappa shape index (κ2) is 11.0. The van der Waals surface area contributed by atoms with Gasteiger partial charge in [0.25, 0.3) is 0 Å². The van der Waals surface area contributed by atoms with Crippen LogP contribution in [-0.2, 0) is 14.8 Å². The number of benzene rings is 3. The molecule has 0 radical (unpaired) electrons. The number of carbonyl (C=O) groups excluding carboxylic acids is 1. The molecule has 196 valence electrons. The van der Waals surface area contributed by atoms with Crippen LogP contribution in [0.15, 0.2) is 82.3 Å². The summed E-state index contributed by atoms with van der Waals surface area (Å²) in [7, 11) is -3.91. The van der Waals surface area contributed by atoms with Gasteiger partial charge in [-0.05, 0) is 71.2 Å². The third kappa shape index (κ3) is 5.54. The normalized spacial score (nSPS) is 14.9. The minimum absolute atomic E-state index is 0.0310. The Kier molecular flexibility index (Phi) is 7.67. The predicted octanol–water partition coefficient (Wildman–Crippen LogP) is 6.34. The number of carbonyl (C=O) groups is 1. The van der Waals surface area contributed by atoms with E-state index in [1.54, 1.807) is 24.4 Å². The molecule has 5 rings (SSSR count). The van der Waals surface area contributed by atoms with Crippen molar-refractivity contribution in [3.05, 3.63) is 88.2 Å². The molecule has 1 aliphatic rings. The number of nitrogens with one attached hydrogen (secondary N) is 2. The highest BCUT2D eigenvalue weighted by atomic mass is 79.9. The molecule has 2 N–H and O–H groups in total. The smallest absolute Gasteiger partial charge is 0.244 e. The van der Waals surface area contributed by atoms with Gasteiger partial charge in [-0.1, -0.05) is 35.9 Å². The van der Waals surface area contributed by atoms with Gasteiger partial charge in [-0.3, -0.25) is 4.79 Å². The quantitative estimate of drug-likeness (QED) is 0.264. The SMILES string of the molecule is O=C(Nc1ccccc1)C1CCN(S(=O)(=O)c2cc(-c3ncc(-c4ccc(Br)c(F)c4)[nH]3)ccc2Cl)CC1. The number of piperidine rings is 1. The Morgan fingerprint density at radius 1 is 1.05 bits per heavy atom. The summed E-state index contributed by atoms with van der Waals surface area (Å²) in [6.45, 7) is 0.408. The van der Waals surface area contributed by atoms with Gasteiger partial charge in [0, 0.05) is 35.8 Å². The highest BCUT2D eigenvalue weighted by molar-refractivity contribution is 9.10. The molecule has 7 nitrogen and oxygen atoms in total. The number of aromatic amines is 1. The van der Waals surface area contributed by atoms with Gasteiger partial charge in [-0.15, -0.1) is 0 Å². The van der Waals surface area contributed by atoms with E-state index in [0.29, 0.717) is 45.6 Å². The van der Waals surface area contributed by atoms with Crippen molar-refractivity contribution in [1.29, 1.82) is 0 Å². The summed E-state index contributed by atoms with van der Waals surface area (Å²) in [5.41, 5.74) is 2.42. The van der Waals surface area contributed by atoms with E-state index in [1.165, 1.54) is 22.5 Å². The standard InChI is InChI=1S/C27H23BrClFN4O3S/c28-21-8-6-18(14-23(21)30)24-16-31-26(33-24)19-7-9-22(29)25(15-19)38(36,37)34-12-10-17(11-13-34)27(35)32-20-4-2-1-3-5-20/h1-9,14-17H,10-13H2,(H,31,33)(H,32,35). The molecule has 11 heteroatoms. The zero-order chi connectivity index (χ0) is 26.9. The first-order valence-electron chi connectivity index (χ1n) is 11.9. The summed E-state index contributed by atoms with van der Waals surface area (Å²) in [6, 6.07) is 18.6. The number of para-hydroxylation sites is 1. The van der Waals surface area contributed by atoms with E-state index >= 15 is 0 Å². The van der Waals surface area contributed by atoms with E-state index in [2.05, 4.69) is 31.2 Å². The monoisotopic (exact) mass is 616 g/mol. The number of imidazole rings is 1. The van der Waals surface area contributed by atoms with Crippen LogP contribution in [0.4, 0.5) is 10.1 Å². The highest BCUT2D eigenvalue weighted by Gasteiger charge is 2.33. The van der Waals surface area contributed by atoms with Crippen LogP contribution in [-0.4, -0.2) is 41.7 Å². The number of nitrogens with zero attached hydrogens (tertiary/aromatic N) is 2. The average Bonchev–Trinajstić information content (AvgIpc) is 3.41. The number of halogens is 3. The average molecular weight is 618 g/mol. The maximum Gasteiger partial charge on any atom is 0.244 e. The third-order valence-electron chi connectivity index (χ3n) is 6.49. The number of amides is 1. The first-order valence-corrected chi connectivity index (χ1v) is 14.5. The van der Waals surface area contributed by atoms with Crippen LogP contribution >= 0.6 is 27.5 Å². The number of hydrogen-bond donors (Lipinski definition) is 2. The number of anilines is 1. The first kappa shape index (κ1) is 26.6. The van der Waals surface area contributed by atoms with Crippen molar-refractivity contribution < 1.29 is 17.6 Å². The topological polar surface area (TPSA) is 95.2 Å². The molecule has 0 saturated carbocycles. The zero-order valence-corrected chi connectivity index (χ0v) is 23.2. The molecule has 4 aromatic rings. The first-order chi connectivity index (χ1) is 18.2. The Bertz CT molecular complexity index is 1590. The van der Waals surface area contributed by atoms with Crippen LogP contribution in [0.3, 0.4) is 0 Å². The molecule has 1 fully saturated rings. The van der Waals surface area contributed by atoms with Crippen molar-refractivity contribution in [3.63, 3.8) is 0 Å². The number of H-pyrrole nitrogens is 1. The van der Waals surface area contributed by atoms with E-state index in [4.69, 9.17) is 11.6 Å². The van der Waals surface area contributed by atoms with Gasteiger partial charge in [-0.2, -0.15) is 4.31 Å². The molecule has 1 amide bonds. The fraction of sp³-hybridized carbons (Fsp3) is 0.185. The fourth-order valence-electron chi connectivity index (χ4n) is 4.39. The van der Waals surface area contributed by atoms with Crippen molar-refractivity contribution in [2.75, 3.05) is 18.4 Å². The molecule has 0 atom stereocenters. The number of aromatic nitrogens is 2. The van der Waals surface area contributed by atoms with E-state index in [9.17, 15) is 17.6 Å². The predicted molar refractivity (Wildman–Crippen MR) is 149 cm³/mol. The highest BCUT2D eigenvalue weighted by Crippen LogP contribution is 2.33. The van der Waals surface area contributed by atoms with Crippen LogP contribution in [0.25, 0.3) is 22.6 Å². The van der Waals surface area contributed by atoms with Crippen LogP contribution in [0.5, 0.6) is 0 Å². The van der Waals surface area contributed by atoms with Crippen molar-refractivity contribution in [1.82, 2.24) is 14.3 Å². The molecular weight excluding hydrogens is 595 g/mol. The second-order valence-electron chi connectivity index (χ2n) is 8.95. The molecule has 0 aliphatic carbocycles. The molecule has 0 spiro atoms. The maximum atomic E-state index is 14.0. The molecule has 3 aromatic carbocycles. The molecule has 38 heavy (non-hydrogen) atoms. The lowest BCUT2D eigenvalue weighted by atomic mass is 9.97. The minimum Gasteiger partial charge on any atom is -0.338 e. The largest absolute Gasteiger partial charge is 0.338 e. The molecule has 0 unspecified atom stereocenters. The maximum absolute atomic E-state index is 14.0. The lowest BCUT2D eigenvalue weighted by Crippen LogP contribution is -2.41. The third-order valence-corrected chi connectivity index (χ3v) is 9.52. The Morgan fingerprint density at radius 2 is 1.76 bits per heavy atom. The summed E-state index contributed by atoms with van der Waals surface area (Å²) in [5, 5.41) is 2.99. The lowest BCUT2D eigenvalue weighted by Gasteiger charge is -2.30. The van der Waals surface area contributed by atoms with Crippen LogP contribution in [0.2, 0.25) is 5.02 Å². The lowest BCUT2D eigenvalue weighted by molar-refractivity contribution is -0.120. The van der Waals surface area contributed by atoms with Crippen LogP contribution in [0.1, 0.15) is 12.8 Å². The van der Waals surface area contributed by atoms with E-state index in [-0.39, 0.29) is 34.8 Å². The molecular formula is C27H23BrClFN4O3S. The van der Waals surface area contributed by atoms with Crippen LogP contribution in [0, 0.1) is 11.7 Å². The summed E-state index contributed by atoms with van der Waals surface area (Å²) in [6.07, 6.45) is 2.37. The Hall–Kier alpha value is -3.05. The van der Waals surface area contributed by atoms with E-state index in [1.807, 2.05) is 30.3 Å². The number of hydrogen-bond acceptors (Lipinski definition) is 4. The Morgan fingerprint density at radius 3 is 2.47 bits per heavy atom. The summed E-state index contributed by atoms with van der Waals surface area (Å²) >= 11 is 9.48. The van der Waals surface area contributed by atoms with E-state index < -0.39 is 15.8 Å². The van der Waals surface area contributed by atoms with Gasteiger partial charge >= 0.3 is 0 Å². The summed E-state index contributed by atoms with van der Waals surface area (Å²) < 4.78 is 42.7. The van der Waals surface area contributed by atoms with Gasteiger partial charge in [-0.25, -0.2) is 17.8 Å². The van der Waals surface area contributed by atoms with Gasteiger partial charge in [0.1, 0.15) is 16.5 Å². The Balaban J connectivity index is 1.32. The molecule has 1 aromatic heterocycles. The van der Waals surface area contributed by atoms with Gasteiger partial charge in [0.05, 0.1) is 21.4 Å². The molecule has 1 aliphatic heterocycles. The fourth-order valence-corrected chi connectivity index (χ4v) is 6.61. The van der Waals surface area contributed by atoms with Crippen LogP contribution < -0.4 is 5.32 Å². The summed E-state index contributed by atoms with van der Waals surface area (Å²) in [4.78, 5) is 20.1. The van der Waals surface area contributed by atoms with E-state index in [0.717, 1.165) is 0 Å². The van der Waals surface area contributed by atoms with Crippen molar-refractivity contribution in [2.45, 2.75) is 17.7 Å². The van der Waals surface area contributed by atoms with Gasteiger partial charge in [0.15, 0.2) is 0 Å². The second-order valence-corrected chi connectivity index (χ2v) is 12.1. The summed E-state index contributed by atoms with van der Waals surface area (Å²) in [5.74, 6) is -0.381. The molecule has 1 saturated heterocycles. The minimum atomic E-state index is -3.91. The van der Waals surface area contributed by atoms with Crippen molar-refractivity contribution in [2.24, 2.45) is 5.92 Å². The number of sulfonamides is 1. The van der Waals surface area contributed by atoms with Crippen molar-refractivity contribution in [3.8, 4) is 22.6 Å². The van der Waals surface area contributed by atoms with Gasteiger partial charge < -0.3 is 10.3 Å². The molecule has 0 bridgehead atoms. The van der Waals surface area contributed by atoms with Crippen molar-refractivity contribution >= 4 is 49.1 Å².